The molecule has 0 unspecified atom stereocenters. The second-order valence-corrected chi connectivity index (χ2v) is 6.30. The third-order valence-electron chi connectivity index (χ3n) is 4.44. The molecule has 1 aromatic heterocycles. The molecular formula is C22H21N3O. The van der Waals surface area contributed by atoms with Crippen LogP contribution in [0.25, 0.3) is 11.0 Å². The van der Waals surface area contributed by atoms with E-state index < -0.39 is 0 Å². The fraction of sp³-hybridized carbons (Fsp3) is 0.136. The van der Waals surface area contributed by atoms with Crippen molar-refractivity contribution in [2.75, 3.05) is 5.73 Å². The van der Waals surface area contributed by atoms with Gasteiger partial charge in [-0.1, -0.05) is 42.5 Å². The number of benzene rings is 3. The zero-order valence-corrected chi connectivity index (χ0v) is 14.7. The molecule has 0 atom stereocenters. The van der Waals surface area contributed by atoms with Crippen LogP contribution in [0.4, 0.5) is 5.69 Å². The normalized spacial score (nSPS) is 11.0. The SMILES string of the molecule is CCn1c(Oc2ccc(Cc3ccccc3)cc2)nc2cc(N)ccc21. The highest BCUT2D eigenvalue weighted by atomic mass is 16.5. The summed E-state index contributed by atoms with van der Waals surface area (Å²) in [6, 6.07) is 24.9. The number of aryl methyl sites for hydroxylation is 1. The van der Waals surface area contributed by atoms with E-state index in [0.717, 1.165) is 29.7 Å². The van der Waals surface area contributed by atoms with Gasteiger partial charge in [0.2, 0.25) is 0 Å². The van der Waals surface area contributed by atoms with Gasteiger partial charge in [-0.25, -0.2) is 0 Å². The summed E-state index contributed by atoms with van der Waals surface area (Å²) in [5.74, 6) is 0.778. The molecule has 4 aromatic rings. The van der Waals surface area contributed by atoms with E-state index in [9.17, 15) is 0 Å². The van der Waals surface area contributed by atoms with Crippen LogP contribution in [0.1, 0.15) is 18.1 Å². The van der Waals surface area contributed by atoms with Gasteiger partial charge in [-0.2, -0.15) is 4.98 Å². The maximum atomic E-state index is 6.04. The molecule has 3 aromatic carbocycles. The molecule has 0 radical (unpaired) electrons. The minimum Gasteiger partial charge on any atom is -0.425 e. The third kappa shape index (κ3) is 3.26. The van der Waals surface area contributed by atoms with Crippen molar-refractivity contribution in [1.82, 2.24) is 9.55 Å². The molecule has 0 bridgehead atoms. The summed E-state index contributed by atoms with van der Waals surface area (Å²) in [7, 11) is 0. The lowest BCUT2D eigenvalue weighted by molar-refractivity contribution is 0.419. The lowest BCUT2D eigenvalue weighted by Crippen LogP contribution is -1.98. The highest BCUT2D eigenvalue weighted by Crippen LogP contribution is 2.27. The average Bonchev–Trinajstić information content (AvgIpc) is 3.00. The number of nitrogen functional groups attached to an aromatic ring is 1. The molecular weight excluding hydrogens is 322 g/mol. The fourth-order valence-corrected chi connectivity index (χ4v) is 3.12. The first-order valence-electron chi connectivity index (χ1n) is 8.79. The molecule has 4 nitrogen and oxygen atoms in total. The van der Waals surface area contributed by atoms with Crippen molar-refractivity contribution in [3.05, 3.63) is 83.9 Å². The molecule has 4 rings (SSSR count). The van der Waals surface area contributed by atoms with Gasteiger partial charge in [-0.05, 0) is 54.8 Å². The summed E-state index contributed by atoms with van der Waals surface area (Å²) < 4.78 is 8.09. The molecule has 0 saturated heterocycles. The molecule has 0 spiro atoms. The second kappa shape index (κ2) is 6.92. The van der Waals surface area contributed by atoms with Crippen LogP contribution in [0.15, 0.2) is 72.8 Å². The van der Waals surface area contributed by atoms with Crippen LogP contribution in [0, 0.1) is 0 Å². The average molecular weight is 343 g/mol. The smallest absolute Gasteiger partial charge is 0.302 e. The van der Waals surface area contributed by atoms with Gasteiger partial charge in [0.15, 0.2) is 0 Å². The monoisotopic (exact) mass is 343 g/mol. The Kier molecular flexibility index (Phi) is 4.32. The Balaban J connectivity index is 1.56. The largest absolute Gasteiger partial charge is 0.425 e. The van der Waals surface area contributed by atoms with Crippen molar-refractivity contribution in [3.8, 4) is 11.8 Å². The maximum absolute atomic E-state index is 6.04. The summed E-state index contributed by atoms with van der Waals surface area (Å²) in [6.07, 6.45) is 0.911. The van der Waals surface area contributed by atoms with Crippen LogP contribution in [-0.2, 0) is 13.0 Å². The zero-order valence-electron chi connectivity index (χ0n) is 14.7. The lowest BCUT2D eigenvalue weighted by atomic mass is 10.1. The number of hydrogen-bond acceptors (Lipinski definition) is 3. The van der Waals surface area contributed by atoms with Crippen LogP contribution in [-0.4, -0.2) is 9.55 Å². The molecule has 130 valence electrons. The number of aromatic nitrogens is 2. The number of anilines is 1. The molecule has 0 aliphatic carbocycles. The van der Waals surface area contributed by atoms with Gasteiger partial charge < -0.3 is 10.5 Å². The number of hydrogen-bond donors (Lipinski definition) is 1. The van der Waals surface area contributed by atoms with E-state index in [4.69, 9.17) is 10.5 Å². The summed E-state index contributed by atoms with van der Waals surface area (Å²) in [6.45, 7) is 2.86. The third-order valence-corrected chi connectivity index (χ3v) is 4.44. The Bertz CT molecular complexity index is 1020. The van der Waals surface area contributed by atoms with Gasteiger partial charge in [0.1, 0.15) is 5.75 Å². The van der Waals surface area contributed by atoms with Crippen molar-refractivity contribution in [2.24, 2.45) is 0 Å². The van der Waals surface area contributed by atoms with E-state index in [1.807, 2.05) is 41.0 Å². The summed E-state index contributed by atoms with van der Waals surface area (Å²) in [5, 5.41) is 0. The highest BCUT2D eigenvalue weighted by Gasteiger charge is 2.12. The first kappa shape index (κ1) is 16.2. The summed E-state index contributed by atoms with van der Waals surface area (Å²) >= 11 is 0. The van der Waals surface area contributed by atoms with E-state index in [0.29, 0.717) is 11.7 Å². The summed E-state index contributed by atoms with van der Waals surface area (Å²) in [5.41, 5.74) is 11.0. The molecule has 1 heterocycles. The molecule has 0 aliphatic heterocycles. The van der Waals surface area contributed by atoms with Crippen molar-refractivity contribution in [2.45, 2.75) is 19.9 Å². The van der Waals surface area contributed by atoms with Gasteiger partial charge >= 0.3 is 6.01 Å². The maximum Gasteiger partial charge on any atom is 0.302 e. The van der Waals surface area contributed by atoms with Crippen LogP contribution >= 0.6 is 0 Å². The Labute approximate surface area is 152 Å². The fourth-order valence-electron chi connectivity index (χ4n) is 3.12. The number of imidazole rings is 1. The van der Waals surface area contributed by atoms with E-state index in [1.165, 1.54) is 11.1 Å². The Morgan fingerprint density at radius 1 is 0.923 bits per heavy atom. The van der Waals surface area contributed by atoms with Crippen molar-refractivity contribution >= 4 is 16.7 Å². The van der Waals surface area contributed by atoms with E-state index in [2.05, 4.69) is 48.3 Å². The number of nitrogens with two attached hydrogens (primary N) is 1. The van der Waals surface area contributed by atoms with E-state index in [1.54, 1.807) is 0 Å². The first-order chi connectivity index (χ1) is 12.7. The predicted octanol–water partition coefficient (Wildman–Crippen LogP) is 5.02. The molecule has 2 N–H and O–H groups in total. The molecule has 0 aliphatic rings. The van der Waals surface area contributed by atoms with Gasteiger partial charge in [0.25, 0.3) is 0 Å². The van der Waals surface area contributed by atoms with Crippen molar-refractivity contribution in [1.29, 1.82) is 0 Å². The van der Waals surface area contributed by atoms with Crippen LogP contribution in [0.3, 0.4) is 0 Å². The predicted molar refractivity (Wildman–Crippen MR) is 106 cm³/mol. The Morgan fingerprint density at radius 3 is 2.38 bits per heavy atom. The number of fused-ring (bicyclic) bond motifs is 1. The quantitative estimate of drug-likeness (QED) is 0.518. The molecule has 0 saturated carbocycles. The van der Waals surface area contributed by atoms with Crippen LogP contribution in [0.2, 0.25) is 0 Å². The molecule has 26 heavy (non-hydrogen) atoms. The zero-order chi connectivity index (χ0) is 17.9. The van der Waals surface area contributed by atoms with Gasteiger partial charge in [0, 0.05) is 12.2 Å². The van der Waals surface area contributed by atoms with E-state index >= 15 is 0 Å². The lowest BCUT2D eigenvalue weighted by Gasteiger charge is -2.08. The first-order valence-corrected chi connectivity index (χ1v) is 8.79. The van der Waals surface area contributed by atoms with Gasteiger partial charge in [0.05, 0.1) is 11.0 Å². The second-order valence-electron chi connectivity index (χ2n) is 6.30. The minimum atomic E-state index is 0.587. The Hall–Kier alpha value is -3.27. The topological polar surface area (TPSA) is 53.1 Å². The van der Waals surface area contributed by atoms with Crippen LogP contribution in [0.5, 0.6) is 11.8 Å². The van der Waals surface area contributed by atoms with Crippen molar-refractivity contribution < 1.29 is 4.74 Å². The summed E-state index contributed by atoms with van der Waals surface area (Å²) in [4.78, 5) is 4.59. The van der Waals surface area contributed by atoms with Crippen LogP contribution < -0.4 is 10.5 Å². The molecule has 0 amide bonds. The van der Waals surface area contributed by atoms with Gasteiger partial charge in [-0.3, -0.25) is 4.57 Å². The standard InChI is InChI=1S/C22H21N3O/c1-2-25-21-13-10-18(23)15-20(21)24-22(25)26-19-11-8-17(9-12-19)14-16-6-4-3-5-7-16/h3-13,15H,2,14,23H2,1H3. The molecule has 4 heteroatoms. The van der Waals surface area contributed by atoms with Gasteiger partial charge in [-0.15, -0.1) is 0 Å². The minimum absolute atomic E-state index is 0.587. The number of nitrogens with zero attached hydrogens (tertiary/aromatic N) is 2. The van der Waals surface area contributed by atoms with E-state index in [-0.39, 0.29) is 0 Å². The molecule has 0 fully saturated rings. The highest BCUT2D eigenvalue weighted by molar-refractivity contribution is 5.80. The Morgan fingerprint density at radius 2 is 1.65 bits per heavy atom. The number of ether oxygens (including phenoxy) is 1. The van der Waals surface area contributed by atoms with Crippen molar-refractivity contribution in [3.63, 3.8) is 0 Å². The number of rotatable bonds is 5.